The Morgan fingerprint density at radius 1 is 1.17 bits per heavy atom. The Morgan fingerprint density at radius 2 is 2.00 bits per heavy atom. The van der Waals surface area contributed by atoms with Crippen molar-refractivity contribution in [1.82, 2.24) is 4.98 Å². The molecule has 0 fully saturated rings. The molecule has 0 aliphatic carbocycles. The summed E-state index contributed by atoms with van der Waals surface area (Å²) in [4.78, 5) is 16.6. The van der Waals surface area contributed by atoms with Crippen molar-refractivity contribution in [2.75, 3.05) is 7.11 Å². The lowest BCUT2D eigenvalue weighted by Crippen LogP contribution is -1.95. The second-order valence-corrected chi connectivity index (χ2v) is 5.00. The van der Waals surface area contributed by atoms with Gasteiger partial charge in [0.1, 0.15) is 0 Å². The molecule has 4 heteroatoms. The van der Waals surface area contributed by atoms with Crippen LogP contribution in [0.25, 0.3) is 17.0 Å². The fourth-order valence-electron chi connectivity index (χ4n) is 2.36. The van der Waals surface area contributed by atoms with Gasteiger partial charge in [0.2, 0.25) is 0 Å². The van der Waals surface area contributed by atoms with Gasteiger partial charge in [0.25, 0.3) is 0 Å². The summed E-state index contributed by atoms with van der Waals surface area (Å²) in [6.07, 6.45) is 5.00. The molecule has 0 aliphatic heterocycles. The molecule has 0 saturated carbocycles. The number of hydrogen-bond donors (Lipinski definition) is 1. The molecule has 2 aromatic carbocycles. The van der Waals surface area contributed by atoms with Crippen LogP contribution < -0.4 is 4.74 Å². The van der Waals surface area contributed by atoms with Gasteiger partial charge in [-0.25, -0.2) is 0 Å². The number of methoxy groups -OCH3 is 1. The van der Waals surface area contributed by atoms with E-state index in [1.165, 1.54) is 25.3 Å². The number of nitrogens with zero attached hydrogens (tertiary/aromatic N) is 1. The first-order valence-corrected chi connectivity index (χ1v) is 7.12. The largest absolute Gasteiger partial charge is 0.504 e. The number of aromatic nitrogens is 1. The average molecular weight is 305 g/mol. The van der Waals surface area contributed by atoms with Gasteiger partial charge in [0.05, 0.1) is 12.6 Å². The second kappa shape index (κ2) is 6.32. The monoisotopic (exact) mass is 305 g/mol. The number of ketones is 1. The number of carbonyl (C=O) groups is 1. The fourth-order valence-corrected chi connectivity index (χ4v) is 2.36. The van der Waals surface area contributed by atoms with Crippen LogP contribution in [0.4, 0.5) is 0 Å². The third-order valence-electron chi connectivity index (χ3n) is 3.56. The predicted molar refractivity (Wildman–Crippen MR) is 89.8 cm³/mol. The molecule has 1 N–H and O–H groups in total. The lowest BCUT2D eigenvalue weighted by Gasteiger charge is -2.04. The minimum Gasteiger partial charge on any atom is -0.504 e. The Hall–Kier alpha value is -3.14. The summed E-state index contributed by atoms with van der Waals surface area (Å²) in [7, 11) is 1.45. The minimum absolute atomic E-state index is 0.00755. The van der Waals surface area contributed by atoms with Gasteiger partial charge in [-0.15, -0.1) is 0 Å². The number of benzene rings is 2. The van der Waals surface area contributed by atoms with Gasteiger partial charge in [0.15, 0.2) is 17.3 Å². The van der Waals surface area contributed by atoms with E-state index in [0.29, 0.717) is 5.56 Å². The highest BCUT2D eigenvalue weighted by molar-refractivity contribution is 6.08. The van der Waals surface area contributed by atoms with Gasteiger partial charge >= 0.3 is 0 Å². The van der Waals surface area contributed by atoms with Crippen LogP contribution >= 0.6 is 0 Å². The van der Waals surface area contributed by atoms with Crippen molar-refractivity contribution in [2.45, 2.75) is 0 Å². The lowest BCUT2D eigenvalue weighted by molar-refractivity contribution is 0.104. The van der Waals surface area contributed by atoms with E-state index in [2.05, 4.69) is 4.98 Å². The van der Waals surface area contributed by atoms with E-state index in [1.807, 2.05) is 30.3 Å². The van der Waals surface area contributed by atoms with E-state index < -0.39 is 0 Å². The second-order valence-electron chi connectivity index (χ2n) is 5.00. The molecule has 3 aromatic rings. The first-order chi connectivity index (χ1) is 11.2. The molecule has 3 rings (SSSR count). The van der Waals surface area contributed by atoms with Gasteiger partial charge in [0, 0.05) is 17.1 Å². The number of rotatable bonds is 4. The summed E-state index contributed by atoms with van der Waals surface area (Å²) in [5.41, 5.74) is 2.26. The van der Waals surface area contributed by atoms with Crippen LogP contribution in [0.2, 0.25) is 0 Å². The molecule has 0 bridgehead atoms. The van der Waals surface area contributed by atoms with Crippen LogP contribution in [-0.2, 0) is 0 Å². The first kappa shape index (κ1) is 14.8. The highest BCUT2D eigenvalue weighted by Crippen LogP contribution is 2.26. The third-order valence-corrected chi connectivity index (χ3v) is 3.56. The molecule has 0 unspecified atom stereocenters. The number of ether oxygens (including phenoxy) is 1. The lowest BCUT2D eigenvalue weighted by atomic mass is 10.1. The molecule has 0 radical (unpaired) electrons. The molecular formula is C19H15NO3. The first-order valence-electron chi connectivity index (χ1n) is 7.12. The van der Waals surface area contributed by atoms with Crippen molar-refractivity contribution in [3.63, 3.8) is 0 Å². The van der Waals surface area contributed by atoms with Crippen molar-refractivity contribution in [2.24, 2.45) is 0 Å². The topological polar surface area (TPSA) is 59.4 Å². The summed E-state index contributed by atoms with van der Waals surface area (Å²) in [6, 6.07) is 14.2. The molecule has 23 heavy (non-hydrogen) atoms. The van der Waals surface area contributed by atoms with Crippen molar-refractivity contribution in [3.05, 3.63) is 71.9 Å². The Kier molecular flexibility index (Phi) is 4.06. The molecule has 0 amide bonds. The number of aromatic hydroxyl groups is 1. The number of para-hydroxylation sites is 1. The maximum atomic E-state index is 12.3. The zero-order valence-electron chi connectivity index (χ0n) is 12.6. The van der Waals surface area contributed by atoms with Crippen molar-refractivity contribution in [1.29, 1.82) is 0 Å². The van der Waals surface area contributed by atoms with Crippen LogP contribution in [0.5, 0.6) is 11.5 Å². The predicted octanol–water partition coefficient (Wildman–Crippen LogP) is 3.85. The number of phenolic OH excluding ortho intramolecular Hbond substituents is 1. The molecular weight excluding hydrogens is 290 g/mol. The summed E-state index contributed by atoms with van der Waals surface area (Å²) in [5, 5.41) is 10.6. The minimum atomic E-state index is -0.163. The van der Waals surface area contributed by atoms with E-state index in [9.17, 15) is 9.90 Å². The van der Waals surface area contributed by atoms with Crippen LogP contribution in [0.3, 0.4) is 0 Å². The SMILES string of the molecule is COc1cc(C(=O)/C=C/c2ccnc3ccccc23)ccc1O. The Labute approximate surface area is 133 Å². The molecule has 1 heterocycles. The van der Waals surface area contributed by atoms with Gasteiger partial charge in [-0.2, -0.15) is 0 Å². The number of hydrogen-bond acceptors (Lipinski definition) is 4. The van der Waals surface area contributed by atoms with Crippen LogP contribution in [0.1, 0.15) is 15.9 Å². The highest BCUT2D eigenvalue weighted by atomic mass is 16.5. The van der Waals surface area contributed by atoms with Gasteiger partial charge < -0.3 is 9.84 Å². The maximum Gasteiger partial charge on any atom is 0.185 e. The van der Waals surface area contributed by atoms with E-state index in [4.69, 9.17) is 4.74 Å². The molecule has 0 aliphatic rings. The van der Waals surface area contributed by atoms with E-state index in [0.717, 1.165) is 16.5 Å². The third kappa shape index (κ3) is 3.06. The van der Waals surface area contributed by atoms with Crippen molar-refractivity contribution in [3.8, 4) is 11.5 Å². The Balaban J connectivity index is 1.91. The smallest absolute Gasteiger partial charge is 0.185 e. The summed E-state index contributed by atoms with van der Waals surface area (Å²) < 4.78 is 5.02. The summed E-state index contributed by atoms with van der Waals surface area (Å²) in [5.74, 6) is 0.121. The van der Waals surface area contributed by atoms with Crippen LogP contribution in [0, 0.1) is 0 Å². The molecule has 0 atom stereocenters. The number of fused-ring (bicyclic) bond motifs is 1. The zero-order valence-corrected chi connectivity index (χ0v) is 12.6. The van der Waals surface area contributed by atoms with Crippen molar-refractivity contribution >= 4 is 22.8 Å². The standard InChI is InChI=1S/C19H15NO3/c1-23-19-12-14(7-9-18(19)22)17(21)8-6-13-10-11-20-16-5-3-2-4-15(13)16/h2-12,22H,1H3/b8-6+. The molecule has 0 saturated heterocycles. The zero-order chi connectivity index (χ0) is 16.2. The van der Waals surface area contributed by atoms with E-state index >= 15 is 0 Å². The normalized spacial score (nSPS) is 11.0. The average Bonchev–Trinajstić information content (AvgIpc) is 2.60. The van der Waals surface area contributed by atoms with Crippen molar-refractivity contribution < 1.29 is 14.6 Å². The molecule has 114 valence electrons. The van der Waals surface area contributed by atoms with Crippen LogP contribution in [-0.4, -0.2) is 23.0 Å². The summed E-state index contributed by atoms with van der Waals surface area (Å²) in [6.45, 7) is 0. The molecule has 0 spiro atoms. The molecule has 4 nitrogen and oxygen atoms in total. The maximum absolute atomic E-state index is 12.3. The number of phenols is 1. The number of allylic oxidation sites excluding steroid dienone is 1. The van der Waals surface area contributed by atoms with E-state index in [-0.39, 0.29) is 17.3 Å². The van der Waals surface area contributed by atoms with Gasteiger partial charge in [-0.3, -0.25) is 9.78 Å². The number of pyridine rings is 1. The van der Waals surface area contributed by atoms with E-state index in [1.54, 1.807) is 18.3 Å². The molecule has 1 aromatic heterocycles. The summed E-state index contributed by atoms with van der Waals surface area (Å²) >= 11 is 0. The van der Waals surface area contributed by atoms with Gasteiger partial charge in [-0.1, -0.05) is 24.3 Å². The Bertz CT molecular complexity index is 895. The fraction of sp³-hybridized carbons (Fsp3) is 0.0526. The number of carbonyl (C=O) groups excluding carboxylic acids is 1. The quantitative estimate of drug-likeness (QED) is 0.587. The van der Waals surface area contributed by atoms with Gasteiger partial charge in [-0.05, 0) is 42.0 Å². The highest BCUT2D eigenvalue weighted by Gasteiger charge is 2.07. The van der Waals surface area contributed by atoms with Crippen LogP contribution in [0.15, 0.2) is 60.8 Å². The Morgan fingerprint density at radius 3 is 2.83 bits per heavy atom.